The normalized spacial score (nSPS) is 11.1. The van der Waals surface area contributed by atoms with Gasteiger partial charge in [0.2, 0.25) is 0 Å². The molecule has 11 heavy (non-hydrogen) atoms. The third kappa shape index (κ3) is 5.92. The largest absolute Gasteiger partial charge is 0.263 e. The van der Waals surface area contributed by atoms with Crippen molar-refractivity contribution in [3.8, 4) is 0 Å². The minimum Gasteiger partial charge on any atom is -0.263 e. The first-order valence-corrected chi connectivity index (χ1v) is 4.72. The van der Waals surface area contributed by atoms with Crippen molar-refractivity contribution in [1.29, 1.82) is 0 Å². The molecule has 62 valence electrons. The third-order valence-corrected chi connectivity index (χ3v) is 1.67. The lowest BCUT2D eigenvalue weighted by molar-refractivity contribution is 1.29. The molecule has 0 aliphatic heterocycles. The summed E-state index contributed by atoms with van der Waals surface area (Å²) in [7, 11) is 0. The van der Waals surface area contributed by atoms with Gasteiger partial charge >= 0.3 is 0 Å². The van der Waals surface area contributed by atoms with E-state index >= 15 is 0 Å². The highest BCUT2D eigenvalue weighted by Crippen LogP contribution is 2.12. The van der Waals surface area contributed by atoms with Crippen LogP contribution in [0.25, 0.3) is 0 Å². The first-order valence-electron chi connectivity index (χ1n) is 3.49. The summed E-state index contributed by atoms with van der Waals surface area (Å²) < 4.78 is 0. The van der Waals surface area contributed by atoms with Crippen LogP contribution in [0.4, 0.5) is 0 Å². The fraction of sp³-hybridized carbons (Fsp3) is 0.444. The Morgan fingerprint density at radius 3 is 2.27 bits per heavy atom. The quantitative estimate of drug-likeness (QED) is 0.466. The van der Waals surface area contributed by atoms with Gasteiger partial charge in [-0.2, -0.15) is 0 Å². The van der Waals surface area contributed by atoms with Crippen LogP contribution in [-0.2, 0) is 0 Å². The zero-order chi connectivity index (χ0) is 8.85. The average Bonchev–Trinajstić information content (AvgIpc) is 1.85. The van der Waals surface area contributed by atoms with E-state index in [0.717, 1.165) is 16.3 Å². The monoisotopic (exact) mass is 169 g/mol. The summed E-state index contributed by atoms with van der Waals surface area (Å²) in [5, 5.41) is 0. The van der Waals surface area contributed by atoms with Gasteiger partial charge in [-0.25, -0.2) is 0 Å². The molecule has 0 amide bonds. The summed E-state index contributed by atoms with van der Waals surface area (Å²) in [4.78, 5) is 5.32. The number of aliphatic imine (C=N–C) groups is 1. The molecule has 0 aromatic heterocycles. The molecular formula is C9H15NS. The van der Waals surface area contributed by atoms with Crippen LogP contribution in [0.5, 0.6) is 0 Å². The van der Waals surface area contributed by atoms with E-state index in [1.807, 2.05) is 33.1 Å². The molecule has 0 fully saturated rings. The van der Waals surface area contributed by atoms with E-state index in [4.69, 9.17) is 0 Å². The fourth-order valence-corrected chi connectivity index (χ4v) is 0.965. The van der Waals surface area contributed by atoms with Gasteiger partial charge in [-0.15, -0.1) is 11.8 Å². The van der Waals surface area contributed by atoms with Crippen molar-refractivity contribution in [1.82, 2.24) is 0 Å². The zero-order valence-electron chi connectivity index (χ0n) is 7.64. The van der Waals surface area contributed by atoms with Crippen molar-refractivity contribution < 1.29 is 0 Å². The van der Waals surface area contributed by atoms with Crippen molar-refractivity contribution in [3.63, 3.8) is 0 Å². The van der Waals surface area contributed by atoms with Crippen LogP contribution in [0.15, 0.2) is 28.2 Å². The molecule has 0 rings (SSSR count). The zero-order valence-corrected chi connectivity index (χ0v) is 8.46. The molecule has 1 nitrogen and oxygen atoms in total. The fourth-order valence-electron chi connectivity index (χ4n) is 0.677. The van der Waals surface area contributed by atoms with Gasteiger partial charge in [0.25, 0.3) is 0 Å². The molecule has 0 aromatic carbocycles. The van der Waals surface area contributed by atoms with E-state index in [9.17, 15) is 0 Å². The highest BCUT2D eigenvalue weighted by molar-refractivity contribution is 8.02. The maximum Gasteiger partial charge on any atom is 0.0382 e. The predicted molar refractivity (Wildman–Crippen MR) is 55.2 cm³/mol. The number of nitrogens with zero attached hydrogens (tertiary/aromatic N) is 1. The molecule has 0 aliphatic carbocycles. The number of allylic oxidation sites excluding steroid dienone is 2. The molecule has 0 aliphatic rings. The summed E-state index contributed by atoms with van der Waals surface area (Å²) in [6, 6.07) is 0. The van der Waals surface area contributed by atoms with Gasteiger partial charge in [-0.05, 0) is 33.1 Å². The van der Waals surface area contributed by atoms with Gasteiger partial charge in [0.15, 0.2) is 0 Å². The Balaban J connectivity index is 4.23. The lowest BCUT2D eigenvalue weighted by Gasteiger charge is -1.95. The van der Waals surface area contributed by atoms with Crippen LogP contribution in [0.3, 0.4) is 0 Å². The van der Waals surface area contributed by atoms with Gasteiger partial charge in [0, 0.05) is 16.3 Å². The Morgan fingerprint density at radius 2 is 1.91 bits per heavy atom. The van der Waals surface area contributed by atoms with E-state index in [1.54, 1.807) is 11.8 Å². The van der Waals surface area contributed by atoms with Crippen molar-refractivity contribution in [3.05, 3.63) is 23.3 Å². The number of thioether (sulfide) groups is 1. The summed E-state index contributed by atoms with van der Waals surface area (Å²) >= 11 is 1.64. The maximum absolute atomic E-state index is 4.27. The molecule has 0 atom stereocenters. The van der Waals surface area contributed by atoms with E-state index < -0.39 is 0 Å². The van der Waals surface area contributed by atoms with Gasteiger partial charge < -0.3 is 0 Å². The topological polar surface area (TPSA) is 12.4 Å². The van der Waals surface area contributed by atoms with E-state index in [0.29, 0.717) is 0 Å². The highest BCUT2D eigenvalue weighted by atomic mass is 32.2. The first kappa shape index (κ1) is 10.5. The molecule has 0 saturated heterocycles. The van der Waals surface area contributed by atoms with E-state index in [2.05, 4.69) is 11.6 Å². The van der Waals surface area contributed by atoms with Crippen molar-refractivity contribution in [2.45, 2.75) is 20.8 Å². The Labute approximate surface area is 73.3 Å². The lowest BCUT2D eigenvalue weighted by atomic mass is 10.4. The van der Waals surface area contributed by atoms with Crippen molar-refractivity contribution >= 4 is 17.5 Å². The van der Waals surface area contributed by atoms with Crippen molar-refractivity contribution in [2.75, 3.05) is 6.26 Å². The molecule has 0 bridgehead atoms. The summed E-state index contributed by atoms with van der Waals surface area (Å²) in [5.41, 5.74) is 2.09. The minimum absolute atomic E-state index is 1.02. The highest BCUT2D eigenvalue weighted by Gasteiger charge is 1.87. The van der Waals surface area contributed by atoms with Crippen LogP contribution in [-0.4, -0.2) is 12.0 Å². The lowest BCUT2D eigenvalue weighted by Crippen LogP contribution is -1.81. The SMILES string of the molecule is C=C(/C=C(/C)N=C(C)C)SC. The maximum atomic E-state index is 4.27. The Morgan fingerprint density at radius 1 is 1.36 bits per heavy atom. The summed E-state index contributed by atoms with van der Waals surface area (Å²) in [6.07, 6.45) is 3.99. The second kappa shape index (κ2) is 5.19. The van der Waals surface area contributed by atoms with Gasteiger partial charge in [-0.1, -0.05) is 6.58 Å². The molecule has 0 heterocycles. The minimum atomic E-state index is 1.02. The van der Waals surface area contributed by atoms with Crippen LogP contribution in [0.1, 0.15) is 20.8 Å². The molecule has 0 aromatic rings. The van der Waals surface area contributed by atoms with Crippen LogP contribution in [0.2, 0.25) is 0 Å². The number of rotatable bonds is 3. The van der Waals surface area contributed by atoms with Gasteiger partial charge in [0.05, 0.1) is 0 Å². The molecule has 0 radical (unpaired) electrons. The molecule has 0 N–H and O–H groups in total. The predicted octanol–water partition coefficient (Wildman–Crippen LogP) is 3.25. The van der Waals surface area contributed by atoms with Gasteiger partial charge in [-0.3, -0.25) is 4.99 Å². The second-order valence-corrected chi connectivity index (χ2v) is 3.45. The smallest absolute Gasteiger partial charge is 0.0382 e. The standard InChI is InChI=1S/C9H15NS/c1-7(2)10-8(3)6-9(4)11-5/h6H,4H2,1-3,5H3/b8-6-. The second-order valence-electron chi connectivity index (χ2n) is 2.52. The van der Waals surface area contributed by atoms with Crippen LogP contribution in [0, 0.1) is 0 Å². The van der Waals surface area contributed by atoms with Gasteiger partial charge in [0.1, 0.15) is 0 Å². The molecule has 0 spiro atoms. The first-order chi connectivity index (χ1) is 5.06. The molecular weight excluding hydrogens is 154 g/mol. The van der Waals surface area contributed by atoms with Crippen LogP contribution >= 0.6 is 11.8 Å². The Hall–Kier alpha value is -0.500. The van der Waals surface area contributed by atoms with Crippen molar-refractivity contribution in [2.24, 2.45) is 4.99 Å². The summed E-state index contributed by atoms with van der Waals surface area (Å²) in [6.45, 7) is 9.79. The Bertz CT molecular complexity index is 198. The average molecular weight is 169 g/mol. The number of hydrogen-bond acceptors (Lipinski definition) is 2. The van der Waals surface area contributed by atoms with E-state index in [1.165, 1.54) is 0 Å². The van der Waals surface area contributed by atoms with Crippen LogP contribution < -0.4 is 0 Å². The van der Waals surface area contributed by atoms with E-state index in [-0.39, 0.29) is 0 Å². The third-order valence-electron chi connectivity index (χ3n) is 1.03. The molecule has 0 unspecified atom stereocenters. The molecule has 0 saturated carbocycles. The summed E-state index contributed by atoms with van der Waals surface area (Å²) in [5.74, 6) is 0. The molecule has 2 heteroatoms. The number of hydrogen-bond donors (Lipinski definition) is 0. The Kier molecular flexibility index (Phi) is 4.95.